The average Bonchev–Trinajstić information content (AvgIpc) is 2.33. The van der Waals surface area contributed by atoms with Crippen molar-refractivity contribution < 1.29 is 8.42 Å². The van der Waals surface area contributed by atoms with Gasteiger partial charge < -0.3 is 5.32 Å². The van der Waals surface area contributed by atoms with Gasteiger partial charge in [0.05, 0.1) is 5.75 Å². The molecule has 1 saturated heterocycles. The summed E-state index contributed by atoms with van der Waals surface area (Å²) >= 11 is 0. The fourth-order valence-electron chi connectivity index (χ4n) is 2.75. The van der Waals surface area contributed by atoms with Gasteiger partial charge in [0.1, 0.15) is 0 Å². The van der Waals surface area contributed by atoms with E-state index in [-0.39, 0.29) is 6.04 Å². The van der Waals surface area contributed by atoms with Crippen molar-refractivity contribution in [2.45, 2.75) is 58.9 Å². The third-order valence-electron chi connectivity index (χ3n) is 3.87. The Morgan fingerprint density at radius 3 is 2.58 bits per heavy atom. The van der Waals surface area contributed by atoms with E-state index >= 15 is 0 Å². The molecule has 0 aromatic rings. The van der Waals surface area contributed by atoms with Crippen molar-refractivity contribution in [3.63, 3.8) is 0 Å². The van der Waals surface area contributed by atoms with Crippen molar-refractivity contribution in [2.75, 3.05) is 25.4 Å². The van der Waals surface area contributed by atoms with Gasteiger partial charge in [0.2, 0.25) is 10.0 Å². The van der Waals surface area contributed by atoms with E-state index in [0.29, 0.717) is 18.2 Å². The highest BCUT2D eigenvalue weighted by Gasteiger charge is 2.31. The Morgan fingerprint density at radius 2 is 1.95 bits per heavy atom. The molecule has 1 heterocycles. The van der Waals surface area contributed by atoms with Crippen LogP contribution in [-0.4, -0.2) is 44.2 Å². The maximum atomic E-state index is 12.3. The lowest BCUT2D eigenvalue weighted by Crippen LogP contribution is -2.45. The van der Waals surface area contributed by atoms with Crippen LogP contribution in [-0.2, 0) is 10.0 Å². The maximum absolute atomic E-state index is 12.3. The van der Waals surface area contributed by atoms with Crippen LogP contribution >= 0.6 is 0 Å². The number of hydrogen-bond donors (Lipinski definition) is 1. The van der Waals surface area contributed by atoms with E-state index in [1.54, 1.807) is 4.31 Å². The van der Waals surface area contributed by atoms with Crippen molar-refractivity contribution in [3.8, 4) is 0 Å². The lowest BCUT2D eigenvalue weighted by molar-refractivity contribution is 0.220. The van der Waals surface area contributed by atoms with E-state index in [2.05, 4.69) is 19.2 Å². The first-order chi connectivity index (χ1) is 8.97. The minimum absolute atomic E-state index is 0.173. The average molecular weight is 290 g/mol. The molecule has 2 atom stereocenters. The molecule has 1 rings (SSSR count). The maximum Gasteiger partial charge on any atom is 0.214 e. The zero-order valence-electron chi connectivity index (χ0n) is 12.7. The molecule has 19 heavy (non-hydrogen) atoms. The van der Waals surface area contributed by atoms with Gasteiger partial charge in [0, 0.05) is 12.6 Å². The third-order valence-corrected chi connectivity index (χ3v) is 5.93. The zero-order chi connectivity index (χ0) is 14.3. The smallest absolute Gasteiger partial charge is 0.214 e. The molecule has 1 N–H and O–H groups in total. The first-order valence-electron chi connectivity index (χ1n) is 7.67. The van der Waals surface area contributed by atoms with E-state index in [0.717, 1.165) is 45.2 Å². The molecule has 0 bridgehead atoms. The van der Waals surface area contributed by atoms with Gasteiger partial charge in [-0.3, -0.25) is 0 Å². The number of nitrogens with one attached hydrogen (secondary N) is 1. The standard InChI is InChI=1S/C14H30N2O2S/c1-4-8-15-9-5-6-11-19(17,18)16-10-7-13(2)12-14(16)3/h13-15H,4-12H2,1-3H3. The van der Waals surface area contributed by atoms with E-state index in [1.807, 2.05) is 6.92 Å². The van der Waals surface area contributed by atoms with Gasteiger partial charge in [-0.25, -0.2) is 8.42 Å². The van der Waals surface area contributed by atoms with Crippen LogP contribution < -0.4 is 5.32 Å². The fourth-order valence-corrected chi connectivity index (χ4v) is 4.57. The second kappa shape index (κ2) is 8.22. The van der Waals surface area contributed by atoms with Crippen LogP contribution in [0.3, 0.4) is 0 Å². The Hall–Kier alpha value is -0.130. The molecule has 0 aliphatic carbocycles. The van der Waals surface area contributed by atoms with Gasteiger partial charge >= 0.3 is 0 Å². The predicted octanol–water partition coefficient (Wildman–Crippen LogP) is 2.22. The number of piperidine rings is 1. The summed E-state index contributed by atoms with van der Waals surface area (Å²) in [6, 6.07) is 0.173. The summed E-state index contributed by atoms with van der Waals surface area (Å²) in [4.78, 5) is 0. The lowest BCUT2D eigenvalue weighted by Gasteiger charge is -2.35. The molecule has 0 aromatic carbocycles. The van der Waals surface area contributed by atoms with Crippen LogP contribution in [0.1, 0.15) is 52.9 Å². The van der Waals surface area contributed by atoms with Gasteiger partial charge in [0.15, 0.2) is 0 Å². The van der Waals surface area contributed by atoms with E-state index in [1.165, 1.54) is 0 Å². The molecule has 114 valence electrons. The van der Waals surface area contributed by atoms with Crippen molar-refractivity contribution in [1.29, 1.82) is 0 Å². The van der Waals surface area contributed by atoms with Crippen LogP contribution in [0.2, 0.25) is 0 Å². The Labute approximate surface area is 119 Å². The van der Waals surface area contributed by atoms with Crippen LogP contribution in [0.5, 0.6) is 0 Å². The second-order valence-electron chi connectivity index (χ2n) is 5.86. The fraction of sp³-hybridized carbons (Fsp3) is 1.00. The number of nitrogens with zero attached hydrogens (tertiary/aromatic N) is 1. The lowest BCUT2D eigenvalue weighted by atomic mass is 9.95. The van der Waals surface area contributed by atoms with Crippen LogP contribution in [0.4, 0.5) is 0 Å². The van der Waals surface area contributed by atoms with Gasteiger partial charge in [-0.1, -0.05) is 13.8 Å². The normalized spacial score (nSPS) is 25.6. The molecule has 2 unspecified atom stereocenters. The number of rotatable bonds is 8. The third kappa shape index (κ3) is 5.79. The van der Waals surface area contributed by atoms with Gasteiger partial charge in [-0.2, -0.15) is 4.31 Å². The Balaban J connectivity index is 2.31. The minimum atomic E-state index is -3.04. The van der Waals surface area contributed by atoms with Gasteiger partial charge in [-0.05, 0) is 58.0 Å². The molecule has 1 aliphatic heterocycles. The second-order valence-corrected chi connectivity index (χ2v) is 7.90. The number of sulfonamides is 1. The topological polar surface area (TPSA) is 49.4 Å². The highest BCUT2D eigenvalue weighted by atomic mass is 32.2. The first-order valence-corrected chi connectivity index (χ1v) is 9.28. The quantitative estimate of drug-likeness (QED) is 0.697. The molecule has 1 aliphatic rings. The summed E-state index contributed by atoms with van der Waals surface area (Å²) in [5, 5.41) is 3.31. The zero-order valence-corrected chi connectivity index (χ0v) is 13.5. The minimum Gasteiger partial charge on any atom is -0.317 e. The van der Waals surface area contributed by atoms with E-state index < -0.39 is 10.0 Å². The molecular weight excluding hydrogens is 260 g/mol. The van der Waals surface area contributed by atoms with Crippen LogP contribution in [0.15, 0.2) is 0 Å². The van der Waals surface area contributed by atoms with Gasteiger partial charge in [-0.15, -0.1) is 0 Å². The predicted molar refractivity (Wildman–Crippen MR) is 80.7 cm³/mol. The molecule has 1 fully saturated rings. The molecule has 0 saturated carbocycles. The summed E-state index contributed by atoms with van der Waals surface area (Å²) in [5.41, 5.74) is 0. The van der Waals surface area contributed by atoms with Crippen molar-refractivity contribution >= 4 is 10.0 Å². The van der Waals surface area contributed by atoms with Crippen molar-refractivity contribution in [2.24, 2.45) is 5.92 Å². The number of unbranched alkanes of at least 4 members (excludes halogenated alkanes) is 1. The highest BCUT2D eigenvalue weighted by molar-refractivity contribution is 7.89. The molecule has 0 aromatic heterocycles. The number of hydrogen-bond acceptors (Lipinski definition) is 3. The highest BCUT2D eigenvalue weighted by Crippen LogP contribution is 2.25. The Kier molecular flexibility index (Phi) is 7.32. The summed E-state index contributed by atoms with van der Waals surface area (Å²) < 4.78 is 26.3. The molecule has 0 amide bonds. The first kappa shape index (κ1) is 16.9. The van der Waals surface area contributed by atoms with Crippen LogP contribution in [0, 0.1) is 5.92 Å². The summed E-state index contributed by atoms with van der Waals surface area (Å²) in [5.74, 6) is 0.958. The van der Waals surface area contributed by atoms with Gasteiger partial charge in [0.25, 0.3) is 0 Å². The van der Waals surface area contributed by atoms with E-state index in [4.69, 9.17) is 0 Å². The Morgan fingerprint density at radius 1 is 1.21 bits per heavy atom. The Bertz CT molecular complexity index is 343. The molecule has 4 nitrogen and oxygen atoms in total. The van der Waals surface area contributed by atoms with Crippen molar-refractivity contribution in [3.05, 3.63) is 0 Å². The van der Waals surface area contributed by atoms with Crippen LogP contribution in [0.25, 0.3) is 0 Å². The SMILES string of the molecule is CCCNCCCCS(=O)(=O)N1CCC(C)CC1C. The molecule has 0 spiro atoms. The van der Waals surface area contributed by atoms with E-state index in [9.17, 15) is 8.42 Å². The summed E-state index contributed by atoms with van der Waals surface area (Å²) in [6.07, 6.45) is 4.83. The van der Waals surface area contributed by atoms with Crippen molar-refractivity contribution in [1.82, 2.24) is 9.62 Å². The summed E-state index contributed by atoms with van der Waals surface area (Å²) in [7, 11) is -3.04. The summed E-state index contributed by atoms with van der Waals surface area (Å²) in [6.45, 7) is 9.04. The largest absolute Gasteiger partial charge is 0.317 e. The molecule has 5 heteroatoms. The molecular formula is C14H30N2O2S. The molecule has 0 radical (unpaired) electrons. The monoisotopic (exact) mass is 290 g/mol.